The molecule has 3 rings (SSSR count). The van der Waals surface area contributed by atoms with Crippen LogP contribution in [-0.2, 0) is 6.42 Å². The number of benzene rings is 2. The van der Waals surface area contributed by atoms with Crippen molar-refractivity contribution in [1.82, 2.24) is 0 Å². The van der Waals surface area contributed by atoms with Crippen LogP contribution in [0.1, 0.15) is 22.7 Å². The van der Waals surface area contributed by atoms with Crippen LogP contribution >= 0.6 is 0 Å². The van der Waals surface area contributed by atoms with Gasteiger partial charge in [-0.05, 0) is 41.8 Å². The number of halogens is 3. The molecule has 2 aromatic carbocycles. The number of nitriles is 1. The van der Waals surface area contributed by atoms with Crippen LogP contribution < -0.4 is 5.32 Å². The lowest BCUT2D eigenvalue weighted by Gasteiger charge is -2.12. The molecule has 5 heteroatoms. The predicted octanol–water partition coefficient (Wildman–Crippen LogP) is 3.68. The van der Waals surface area contributed by atoms with E-state index < -0.39 is 17.5 Å². The van der Waals surface area contributed by atoms with Crippen LogP contribution in [0.5, 0.6) is 0 Å². The Hall–Kier alpha value is -2.48. The van der Waals surface area contributed by atoms with Crippen LogP contribution in [0.4, 0.5) is 18.9 Å². The third kappa shape index (κ3) is 1.99. The standard InChI is InChI=1S/C15H9F3N2/c16-11-4-10(5-12(17)15(11)18)14-6-9-2-1-8(7-19)3-13(9)20-14/h1-5,14,20H,6H2. The average Bonchev–Trinajstić information content (AvgIpc) is 2.86. The monoisotopic (exact) mass is 274 g/mol. The van der Waals surface area contributed by atoms with Gasteiger partial charge in [-0.3, -0.25) is 0 Å². The Morgan fingerprint density at radius 1 is 1.10 bits per heavy atom. The van der Waals surface area contributed by atoms with Crippen molar-refractivity contribution in [3.63, 3.8) is 0 Å². The van der Waals surface area contributed by atoms with Gasteiger partial charge in [-0.15, -0.1) is 0 Å². The van der Waals surface area contributed by atoms with Gasteiger partial charge in [0.05, 0.1) is 17.7 Å². The van der Waals surface area contributed by atoms with Crippen molar-refractivity contribution in [3.05, 3.63) is 64.5 Å². The van der Waals surface area contributed by atoms with Crippen LogP contribution in [-0.4, -0.2) is 0 Å². The molecule has 0 saturated carbocycles. The highest BCUT2D eigenvalue weighted by Crippen LogP contribution is 2.35. The highest BCUT2D eigenvalue weighted by molar-refractivity contribution is 5.61. The van der Waals surface area contributed by atoms with E-state index in [2.05, 4.69) is 5.32 Å². The molecule has 1 atom stereocenters. The fraction of sp³-hybridized carbons (Fsp3) is 0.133. The summed E-state index contributed by atoms with van der Waals surface area (Å²) in [5.74, 6) is -3.86. The molecule has 0 spiro atoms. The molecular formula is C15H9F3N2. The predicted molar refractivity (Wildman–Crippen MR) is 67.5 cm³/mol. The van der Waals surface area contributed by atoms with Crippen molar-refractivity contribution in [2.24, 2.45) is 0 Å². The number of rotatable bonds is 1. The van der Waals surface area contributed by atoms with E-state index in [1.807, 2.05) is 6.07 Å². The lowest BCUT2D eigenvalue weighted by Crippen LogP contribution is -2.07. The maximum atomic E-state index is 13.3. The summed E-state index contributed by atoms with van der Waals surface area (Å²) in [6.45, 7) is 0. The highest BCUT2D eigenvalue weighted by atomic mass is 19.2. The first kappa shape index (κ1) is 12.5. The zero-order valence-corrected chi connectivity index (χ0v) is 10.3. The summed E-state index contributed by atoms with van der Waals surface area (Å²) in [5, 5.41) is 11.9. The summed E-state index contributed by atoms with van der Waals surface area (Å²) >= 11 is 0. The van der Waals surface area contributed by atoms with E-state index in [0.717, 1.165) is 23.4 Å². The molecule has 100 valence electrons. The summed E-state index contributed by atoms with van der Waals surface area (Å²) < 4.78 is 39.5. The maximum Gasteiger partial charge on any atom is 0.194 e. The fourth-order valence-corrected chi connectivity index (χ4v) is 2.39. The number of nitrogens with one attached hydrogen (secondary N) is 1. The van der Waals surface area contributed by atoms with Gasteiger partial charge in [0.15, 0.2) is 17.5 Å². The zero-order chi connectivity index (χ0) is 14.3. The van der Waals surface area contributed by atoms with Crippen LogP contribution in [0.2, 0.25) is 0 Å². The summed E-state index contributed by atoms with van der Waals surface area (Å²) in [6, 6.07) is 8.86. The van der Waals surface area contributed by atoms with E-state index in [4.69, 9.17) is 5.26 Å². The van der Waals surface area contributed by atoms with E-state index in [0.29, 0.717) is 17.5 Å². The fourth-order valence-electron chi connectivity index (χ4n) is 2.39. The highest BCUT2D eigenvalue weighted by Gasteiger charge is 2.24. The van der Waals surface area contributed by atoms with Gasteiger partial charge in [-0.2, -0.15) is 5.26 Å². The molecule has 2 nitrogen and oxygen atoms in total. The van der Waals surface area contributed by atoms with Gasteiger partial charge in [0.1, 0.15) is 0 Å². The minimum Gasteiger partial charge on any atom is -0.378 e. The van der Waals surface area contributed by atoms with Gasteiger partial charge in [-0.25, -0.2) is 13.2 Å². The number of anilines is 1. The molecule has 0 amide bonds. The number of hydrogen-bond donors (Lipinski definition) is 1. The first-order chi connectivity index (χ1) is 9.58. The van der Waals surface area contributed by atoms with E-state index in [9.17, 15) is 13.2 Å². The number of fused-ring (bicyclic) bond motifs is 1. The number of hydrogen-bond acceptors (Lipinski definition) is 2. The molecule has 0 saturated heterocycles. The van der Waals surface area contributed by atoms with Crippen molar-refractivity contribution in [3.8, 4) is 6.07 Å². The molecule has 1 heterocycles. The molecule has 0 aromatic heterocycles. The molecule has 1 aliphatic heterocycles. The van der Waals surface area contributed by atoms with Crippen LogP contribution in [0.3, 0.4) is 0 Å². The Morgan fingerprint density at radius 2 is 1.80 bits per heavy atom. The topological polar surface area (TPSA) is 35.8 Å². The second kappa shape index (κ2) is 4.57. The quantitative estimate of drug-likeness (QED) is 0.805. The normalized spacial score (nSPS) is 16.4. The summed E-state index contributed by atoms with van der Waals surface area (Å²) in [6.07, 6.45) is 0.533. The van der Waals surface area contributed by atoms with Crippen molar-refractivity contribution in [2.45, 2.75) is 12.5 Å². The Labute approximate surface area is 113 Å². The maximum absolute atomic E-state index is 13.3. The molecule has 0 aliphatic carbocycles. The largest absolute Gasteiger partial charge is 0.378 e. The summed E-state index contributed by atoms with van der Waals surface area (Å²) in [7, 11) is 0. The Balaban J connectivity index is 1.94. The minimum absolute atomic E-state index is 0.330. The van der Waals surface area contributed by atoms with Gasteiger partial charge in [0.2, 0.25) is 0 Å². The lowest BCUT2D eigenvalue weighted by atomic mass is 10.0. The minimum atomic E-state index is -1.46. The van der Waals surface area contributed by atoms with Gasteiger partial charge in [0.25, 0.3) is 0 Å². The van der Waals surface area contributed by atoms with Gasteiger partial charge < -0.3 is 5.32 Å². The van der Waals surface area contributed by atoms with Crippen molar-refractivity contribution >= 4 is 5.69 Å². The Kier molecular flexibility index (Phi) is 2.87. The Morgan fingerprint density at radius 3 is 2.45 bits per heavy atom. The third-order valence-electron chi connectivity index (χ3n) is 3.40. The van der Waals surface area contributed by atoms with Crippen molar-refractivity contribution < 1.29 is 13.2 Å². The molecule has 1 N–H and O–H groups in total. The van der Waals surface area contributed by atoms with E-state index in [-0.39, 0.29) is 6.04 Å². The molecule has 0 fully saturated rings. The lowest BCUT2D eigenvalue weighted by molar-refractivity contribution is 0.444. The molecule has 20 heavy (non-hydrogen) atoms. The van der Waals surface area contributed by atoms with Crippen LogP contribution in [0, 0.1) is 28.8 Å². The second-order valence-electron chi connectivity index (χ2n) is 4.68. The first-order valence-corrected chi connectivity index (χ1v) is 6.02. The van der Waals surface area contributed by atoms with E-state index in [1.165, 1.54) is 0 Å². The molecule has 1 aliphatic rings. The van der Waals surface area contributed by atoms with Gasteiger partial charge in [0, 0.05) is 5.69 Å². The summed E-state index contributed by atoms with van der Waals surface area (Å²) in [5.41, 5.74) is 2.57. The van der Waals surface area contributed by atoms with Crippen LogP contribution in [0.25, 0.3) is 0 Å². The van der Waals surface area contributed by atoms with Gasteiger partial charge in [-0.1, -0.05) is 6.07 Å². The molecule has 1 unspecified atom stereocenters. The SMILES string of the molecule is N#Cc1ccc2c(c1)NC(c1cc(F)c(F)c(F)c1)C2. The van der Waals surface area contributed by atoms with Crippen molar-refractivity contribution in [2.75, 3.05) is 5.32 Å². The zero-order valence-electron chi connectivity index (χ0n) is 10.3. The van der Waals surface area contributed by atoms with Crippen LogP contribution in [0.15, 0.2) is 30.3 Å². The van der Waals surface area contributed by atoms with Gasteiger partial charge >= 0.3 is 0 Å². The molecule has 0 radical (unpaired) electrons. The Bertz CT molecular complexity index is 711. The molecule has 2 aromatic rings. The van der Waals surface area contributed by atoms with Crippen molar-refractivity contribution in [1.29, 1.82) is 5.26 Å². The smallest absolute Gasteiger partial charge is 0.194 e. The second-order valence-corrected chi connectivity index (χ2v) is 4.68. The molecular weight excluding hydrogens is 265 g/mol. The number of nitrogens with zero attached hydrogens (tertiary/aromatic N) is 1. The van der Waals surface area contributed by atoms with E-state index >= 15 is 0 Å². The average molecular weight is 274 g/mol. The van der Waals surface area contributed by atoms with E-state index in [1.54, 1.807) is 18.2 Å². The first-order valence-electron chi connectivity index (χ1n) is 6.02. The molecule has 0 bridgehead atoms. The summed E-state index contributed by atoms with van der Waals surface area (Å²) in [4.78, 5) is 0. The third-order valence-corrected chi connectivity index (χ3v) is 3.40.